The molecule has 1 heterocycles. The largest absolute Gasteiger partial charge is 0.465 e. The van der Waals surface area contributed by atoms with Crippen molar-refractivity contribution in [1.29, 1.82) is 0 Å². The summed E-state index contributed by atoms with van der Waals surface area (Å²) in [5.74, 6) is -0.991. The minimum Gasteiger partial charge on any atom is -0.465 e. The van der Waals surface area contributed by atoms with Gasteiger partial charge in [0.25, 0.3) is 11.8 Å². The molecule has 7 nitrogen and oxygen atoms in total. The Hall–Kier alpha value is -3.22. The summed E-state index contributed by atoms with van der Waals surface area (Å²) in [6, 6.07) is 9.43. The molecular weight excluding hydrogens is 358 g/mol. The van der Waals surface area contributed by atoms with Crippen LogP contribution in [0.4, 0.5) is 5.69 Å². The van der Waals surface area contributed by atoms with Crippen LogP contribution in [-0.4, -0.2) is 47.9 Å². The monoisotopic (exact) mass is 383 g/mol. The first-order chi connectivity index (χ1) is 13.5. The van der Waals surface area contributed by atoms with Crippen molar-refractivity contribution in [3.05, 3.63) is 59.4 Å². The Kier molecular flexibility index (Phi) is 7.68. The van der Waals surface area contributed by atoms with Gasteiger partial charge in [-0.2, -0.15) is 0 Å². The highest BCUT2D eigenvalue weighted by Gasteiger charge is 2.17. The molecule has 0 atom stereocenters. The number of pyridine rings is 1. The molecule has 0 unspecified atom stereocenters. The number of nitrogens with zero attached hydrogens (tertiary/aromatic N) is 2. The zero-order valence-electron chi connectivity index (χ0n) is 16.4. The van der Waals surface area contributed by atoms with Gasteiger partial charge in [-0.15, -0.1) is 0 Å². The number of amides is 2. The molecule has 0 aliphatic heterocycles. The van der Waals surface area contributed by atoms with Crippen LogP contribution < -0.4 is 5.32 Å². The number of methoxy groups -OCH3 is 1. The fourth-order valence-electron chi connectivity index (χ4n) is 2.73. The van der Waals surface area contributed by atoms with Gasteiger partial charge < -0.3 is 15.0 Å². The van der Waals surface area contributed by atoms with Gasteiger partial charge in [-0.25, -0.2) is 4.79 Å². The van der Waals surface area contributed by atoms with E-state index in [0.29, 0.717) is 29.9 Å². The lowest BCUT2D eigenvalue weighted by Crippen LogP contribution is -2.32. The van der Waals surface area contributed by atoms with Gasteiger partial charge in [0.05, 0.1) is 12.7 Å². The average molecular weight is 383 g/mol. The molecule has 2 aromatic rings. The second-order valence-corrected chi connectivity index (χ2v) is 6.25. The van der Waals surface area contributed by atoms with Crippen LogP contribution in [0.15, 0.2) is 42.6 Å². The van der Waals surface area contributed by atoms with Crippen molar-refractivity contribution < 1.29 is 19.1 Å². The molecule has 0 aliphatic carbocycles. The maximum Gasteiger partial charge on any atom is 0.337 e. The minimum absolute atomic E-state index is 0.109. The van der Waals surface area contributed by atoms with E-state index in [1.807, 2.05) is 13.8 Å². The molecule has 2 rings (SSSR count). The predicted octanol–water partition coefficient (Wildman–Crippen LogP) is 3.38. The fourth-order valence-corrected chi connectivity index (χ4v) is 2.73. The molecule has 0 saturated heterocycles. The van der Waals surface area contributed by atoms with Crippen molar-refractivity contribution in [2.24, 2.45) is 0 Å². The SMILES string of the molecule is CCCN(CCC)C(=O)c1ccnc(C(=O)Nc2ccc(C(=O)OC)cc2)c1. The molecule has 1 aromatic carbocycles. The normalized spacial score (nSPS) is 10.2. The number of carbonyl (C=O) groups excluding carboxylic acids is 3. The Morgan fingerprint density at radius 3 is 2.21 bits per heavy atom. The lowest BCUT2D eigenvalue weighted by atomic mass is 10.1. The second kappa shape index (κ2) is 10.2. The minimum atomic E-state index is -0.450. The van der Waals surface area contributed by atoms with Crippen LogP contribution in [0.1, 0.15) is 57.9 Å². The Balaban J connectivity index is 2.13. The fraction of sp³-hybridized carbons (Fsp3) is 0.333. The molecule has 1 aromatic heterocycles. The zero-order chi connectivity index (χ0) is 20.5. The number of rotatable bonds is 8. The maximum absolute atomic E-state index is 12.7. The third kappa shape index (κ3) is 5.39. The van der Waals surface area contributed by atoms with Gasteiger partial charge in [0.15, 0.2) is 0 Å². The van der Waals surface area contributed by atoms with Crippen molar-refractivity contribution in [1.82, 2.24) is 9.88 Å². The summed E-state index contributed by atoms with van der Waals surface area (Å²) in [5, 5.41) is 2.71. The molecule has 0 spiro atoms. The maximum atomic E-state index is 12.7. The average Bonchev–Trinajstić information content (AvgIpc) is 2.73. The highest BCUT2D eigenvalue weighted by Crippen LogP contribution is 2.13. The summed E-state index contributed by atoms with van der Waals surface area (Å²) in [6.45, 7) is 5.38. The van der Waals surface area contributed by atoms with E-state index in [0.717, 1.165) is 12.8 Å². The van der Waals surface area contributed by atoms with E-state index in [1.54, 1.807) is 35.2 Å². The molecule has 0 fully saturated rings. The number of hydrogen-bond acceptors (Lipinski definition) is 5. The van der Waals surface area contributed by atoms with E-state index in [9.17, 15) is 14.4 Å². The van der Waals surface area contributed by atoms with Crippen molar-refractivity contribution in [3.63, 3.8) is 0 Å². The molecule has 1 N–H and O–H groups in total. The van der Waals surface area contributed by atoms with Gasteiger partial charge in [-0.1, -0.05) is 13.8 Å². The molecule has 0 saturated carbocycles. The van der Waals surface area contributed by atoms with Crippen LogP contribution in [0.5, 0.6) is 0 Å². The Morgan fingerprint density at radius 2 is 1.64 bits per heavy atom. The predicted molar refractivity (Wildman–Crippen MR) is 106 cm³/mol. The summed E-state index contributed by atoms with van der Waals surface area (Å²) >= 11 is 0. The van der Waals surface area contributed by atoms with Crippen LogP contribution in [0.25, 0.3) is 0 Å². The van der Waals surface area contributed by atoms with Crippen molar-refractivity contribution >= 4 is 23.5 Å². The van der Waals surface area contributed by atoms with Gasteiger partial charge >= 0.3 is 5.97 Å². The van der Waals surface area contributed by atoms with E-state index in [-0.39, 0.29) is 11.6 Å². The van der Waals surface area contributed by atoms with Crippen molar-refractivity contribution in [2.45, 2.75) is 26.7 Å². The quantitative estimate of drug-likeness (QED) is 0.706. The molecule has 0 aliphatic rings. The number of aromatic nitrogens is 1. The highest BCUT2D eigenvalue weighted by molar-refractivity contribution is 6.05. The molecule has 0 bridgehead atoms. The topological polar surface area (TPSA) is 88.6 Å². The Morgan fingerprint density at radius 1 is 1.00 bits per heavy atom. The van der Waals surface area contributed by atoms with E-state index in [2.05, 4.69) is 15.0 Å². The number of ether oxygens (including phenoxy) is 1. The van der Waals surface area contributed by atoms with Crippen molar-refractivity contribution in [2.75, 3.05) is 25.5 Å². The summed E-state index contributed by atoms with van der Waals surface area (Å²) in [7, 11) is 1.31. The van der Waals surface area contributed by atoms with E-state index < -0.39 is 11.9 Å². The van der Waals surface area contributed by atoms with Gasteiger partial charge in [-0.05, 0) is 49.2 Å². The van der Waals surface area contributed by atoms with Crippen molar-refractivity contribution in [3.8, 4) is 0 Å². The number of carbonyl (C=O) groups is 3. The van der Waals surface area contributed by atoms with Crippen LogP contribution in [0.3, 0.4) is 0 Å². The molecular formula is C21H25N3O4. The first-order valence-electron chi connectivity index (χ1n) is 9.25. The third-order valence-corrected chi connectivity index (χ3v) is 4.08. The number of esters is 1. The first-order valence-corrected chi connectivity index (χ1v) is 9.25. The molecule has 2 amide bonds. The van der Waals surface area contributed by atoms with Crippen LogP contribution in [0, 0.1) is 0 Å². The standard InChI is InChI=1S/C21H25N3O4/c1-4-12-24(13-5-2)20(26)16-10-11-22-18(14-16)19(25)23-17-8-6-15(7-9-17)21(27)28-3/h6-11,14H,4-5,12-13H2,1-3H3,(H,23,25). The smallest absolute Gasteiger partial charge is 0.337 e. The molecule has 7 heteroatoms. The van der Waals surface area contributed by atoms with Gasteiger partial charge in [0.2, 0.25) is 0 Å². The summed E-state index contributed by atoms with van der Waals surface area (Å²) in [4.78, 5) is 42.5. The summed E-state index contributed by atoms with van der Waals surface area (Å²) < 4.78 is 4.64. The van der Waals surface area contributed by atoms with Crippen LogP contribution in [-0.2, 0) is 4.74 Å². The van der Waals surface area contributed by atoms with E-state index in [4.69, 9.17) is 0 Å². The number of anilines is 1. The third-order valence-electron chi connectivity index (χ3n) is 4.08. The molecule has 0 radical (unpaired) electrons. The second-order valence-electron chi connectivity index (χ2n) is 6.25. The van der Waals surface area contributed by atoms with Gasteiger partial charge in [0, 0.05) is 30.5 Å². The highest BCUT2D eigenvalue weighted by atomic mass is 16.5. The number of hydrogen-bond donors (Lipinski definition) is 1. The van der Waals surface area contributed by atoms with Gasteiger partial charge in [0.1, 0.15) is 5.69 Å². The molecule has 148 valence electrons. The lowest BCUT2D eigenvalue weighted by molar-refractivity contribution is 0.0600. The lowest BCUT2D eigenvalue weighted by Gasteiger charge is -2.21. The van der Waals surface area contributed by atoms with Gasteiger partial charge in [-0.3, -0.25) is 14.6 Å². The summed E-state index contributed by atoms with van der Waals surface area (Å²) in [6.07, 6.45) is 3.19. The van der Waals surface area contributed by atoms with Crippen LogP contribution in [0.2, 0.25) is 0 Å². The summed E-state index contributed by atoms with van der Waals surface area (Å²) in [5.41, 5.74) is 1.48. The molecule has 28 heavy (non-hydrogen) atoms. The van der Waals surface area contributed by atoms with Crippen LogP contribution >= 0.6 is 0 Å². The number of nitrogens with one attached hydrogen (secondary N) is 1. The number of benzene rings is 1. The van der Waals surface area contributed by atoms with E-state index in [1.165, 1.54) is 19.4 Å². The first kappa shape index (κ1) is 21.1. The van der Waals surface area contributed by atoms with E-state index >= 15 is 0 Å². The zero-order valence-corrected chi connectivity index (χ0v) is 16.4. The Labute approximate surface area is 164 Å². The Bertz CT molecular complexity index is 828.